The van der Waals surface area contributed by atoms with Crippen LogP contribution < -0.4 is 10.6 Å². The van der Waals surface area contributed by atoms with Gasteiger partial charge in [0.1, 0.15) is 22.4 Å². The maximum absolute atomic E-state index is 5.53. The van der Waals surface area contributed by atoms with Crippen LogP contribution in [-0.2, 0) is 4.74 Å². The fourth-order valence-electron chi connectivity index (χ4n) is 1.48. The number of nitrogens with one attached hydrogen (secondary N) is 2. The molecule has 108 valence electrons. The standard InChI is InChI=1S/C13H23BrN4O/c1-4-15-12-11(14)13(18-9-17-12)16-6-5-7-19-8-10(2)3/h9-10H,4-8H2,1-3H3,(H2,15,16,17,18). The van der Waals surface area contributed by atoms with Crippen LogP contribution in [0.25, 0.3) is 0 Å². The van der Waals surface area contributed by atoms with E-state index in [0.717, 1.165) is 48.8 Å². The molecule has 1 rings (SSSR count). The van der Waals surface area contributed by atoms with Crippen LogP contribution in [0.5, 0.6) is 0 Å². The van der Waals surface area contributed by atoms with Gasteiger partial charge in [0.15, 0.2) is 0 Å². The molecule has 0 saturated heterocycles. The molecule has 0 aliphatic carbocycles. The van der Waals surface area contributed by atoms with E-state index < -0.39 is 0 Å². The van der Waals surface area contributed by atoms with Crippen LogP contribution in [0.4, 0.5) is 11.6 Å². The molecule has 1 aromatic rings. The van der Waals surface area contributed by atoms with Crippen molar-refractivity contribution < 1.29 is 4.74 Å². The van der Waals surface area contributed by atoms with Crippen LogP contribution >= 0.6 is 15.9 Å². The van der Waals surface area contributed by atoms with Gasteiger partial charge in [-0.15, -0.1) is 0 Å². The number of ether oxygens (including phenoxy) is 1. The molecule has 0 aliphatic rings. The molecule has 0 saturated carbocycles. The Kier molecular flexibility index (Phi) is 7.74. The van der Waals surface area contributed by atoms with Gasteiger partial charge >= 0.3 is 0 Å². The molecule has 0 bridgehead atoms. The fourth-order valence-corrected chi connectivity index (χ4v) is 1.97. The third-order valence-corrected chi connectivity index (χ3v) is 3.09. The minimum absolute atomic E-state index is 0.589. The van der Waals surface area contributed by atoms with Gasteiger partial charge in [0.2, 0.25) is 0 Å². The molecule has 1 heterocycles. The largest absolute Gasteiger partial charge is 0.381 e. The highest BCUT2D eigenvalue weighted by atomic mass is 79.9. The first-order chi connectivity index (χ1) is 9.15. The molecule has 0 aliphatic heterocycles. The lowest BCUT2D eigenvalue weighted by Gasteiger charge is -2.11. The zero-order valence-corrected chi connectivity index (χ0v) is 13.5. The van der Waals surface area contributed by atoms with Crippen LogP contribution in [0.2, 0.25) is 0 Å². The molecule has 6 heteroatoms. The lowest BCUT2D eigenvalue weighted by molar-refractivity contribution is 0.110. The highest BCUT2D eigenvalue weighted by Crippen LogP contribution is 2.26. The zero-order valence-electron chi connectivity index (χ0n) is 11.9. The Labute approximate surface area is 123 Å². The van der Waals surface area contributed by atoms with Gasteiger partial charge in [-0.05, 0) is 35.2 Å². The van der Waals surface area contributed by atoms with E-state index in [1.165, 1.54) is 0 Å². The molecule has 0 atom stereocenters. The molecule has 1 aromatic heterocycles. The van der Waals surface area contributed by atoms with E-state index >= 15 is 0 Å². The SMILES string of the molecule is CCNc1ncnc(NCCCOCC(C)C)c1Br. The van der Waals surface area contributed by atoms with Crippen LogP contribution in [0.15, 0.2) is 10.8 Å². The van der Waals surface area contributed by atoms with E-state index in [2.05, 4.69) is 50.4 Å². The van der Waals surface area contributed by atoms with Crippen molar-refractivity contribution in [1.29, 1.82) is 0 Å². The lowest BCUT2D eigenvalue weighted by Crippen LogP contribution is -2.10. The van der Waals surface area contributed by atoms with E-state index in [-0.39, 0.29) is 0 Å². The summed E-state index contributed by atoms with van der Waals surface area (Å²) in [6.45, 7) is 9.60. The maximum Gasteiger partial charge on any atom is 0.145 e. The van der Waals surface area contributed by atoms with E-state index in [0.29, 0.717) is 5.92 Å². The molecule has 19 heavy (non-hydrogen) atoms. The van der Waals surface area contributed by atoms with Crippen LogP contribution in [0, 0.1) is 5.92 Å². The molecule has 0 unspecified atom stereocenters. The summed E-state index contributed by atoms with van der Waals surface area (Å²) in [5, 5.41) is 6.46. The van der Waals surface area contributed by atoms with Crippen LogP contribution in [0.1, 0.15) is 27.2 Å². The number of hydrogen-bond acceptors (Lipinski definition) is 5. The average molecular weight is 331 g/mol. The summed E-state index contributed by atoms with van der Waals surface area (Å²) in [6.07, 6.45) is 2.51. The van der Waals surface area contributed by atoms with E-state index in [4.69, 9.17) is 4.74 Å². The van der Waals surface area contributed by atoms with Gasteiger partial charge in [-0.25, -0.2) is 9.97 Å². The van der Waals surface area contributed by atoms with Crippen molar-refractivity contribution in [2.45, 2.75) is 27.2 Å². The van der Waals surface area contributed by atoms with Crippen molar-refractivity contribution in [3.63, 3.8) is 0 Å². The highest BCUT2D eigenvalue weighted by molar-refractivity contribution is 9.10. The van der Waals surface area contributed by atoms with Crippen molar-refractivity contribution in [2.24, 2.45) is 5.92 Å². The Morgan fingerprint density at radius 2 is 1.95 bits per heavy atom. The molecule has 0 spiro atoms. The topological polar surface area (TPSA) is 59.1 Å². The Bertz CT molecular complexity index is 374. The molecule has 0 aromatic carbocycles. The predicted molar refractivity (Wildman–Crippen MR) is 82.7 cm³/mol. The van der Waals surface area contributed by atoms with Crippen molar-refractivity contribution in [1.82, 2.24) is 9.97 Å². The normalized spacial score (nSPS) is 10.8. The Hall–Kier alpha value is -0.880. The van der Waals surface area contributed by atoms with Crippen molar-refractivity contribution in [3.8, 4) is 0 Å². The Morgan fingerprint density at radius 1 is 1.26 bits per heavy atom. The van der Waals surface area contributed by atoms with E-state index in [1.54, 1.807) is 6.33 Å². The first-order valence-corrected chi connectivity index (χ1v) is 7.50. The molecule has 0 fully saturated rings. The van der Waals surface area contributed by atoms with Crippen molar-refractivity contribution in [2.75, 3.05) is 36.9 Å². The number of anilines is 2. The number of hydrogen-bond donors (Lipinski definition) is 2. The molecule has 2 N–H and O–H groups in total. The van der Waals surface area contributed by atoms with Gasteiger partial charge < -0.3 is 15.4 Å². The number of aromatic nitrogens is 2. The van der Waals surface area contributed by atoms with Crippen molar-refractivity contribution >= 4 is 27.6 Å². The first-order valence-electron chi connectivity index (χ1n) is 6.71. The summed E-state index contributed by atoms with van der Waals surface area (Å²) < 4.78 is 6.40. The van der Waals surface area contributed by atoms with Gasteiger partial charge in [0.05, 0.1) is 0 Å². The second-order valence-corrected chi connectivity index (χ2v) is 5.46. The molecule has 0 amide bonds. The zero-order chi connectivity index (χ0) is 14.1. The molecule has 5 nitrogen and oxygen atoms in total. The average Bonchev–Trinajstić information content (AvgIpc) is 2.37. The summed E-state index contributed by atoms with van der Waals surface area (Å²) in [5.41, 5.74) is 0. The quantitative estimate of drug-likeness (QED) is 0.681. The smallest absolute Gasteiger partial charge is 0.145 e. The Morgan fingerprint density at radius 3 is 2.58 bits per heavy atom. The van der Waals surface area contributed by atoms with Crippen LogP contribution in [-0.4, -0.2) is 36.3 Å². The third-order valence-electron chi connectivity index (χ3n) is 2.34. The summed E-state index contributed by atoms with van der Waals surface area (Å²) >= 11 is 3.50. The number of halogens is 1. The highest BCUT2D eigenvalue weighted by Gasteiger charge is 2.06. The minimum Gasteiger partial charge on any atom is -0.381 e. The van der Waals surface area contributed by atoms with E-state index in [9.17, 15) is 0 Å². The number of nitrogens with zero attached hydrogens (tertiary/aromatic N) is 2. The maximum atomic E-state index is 5.53. The molecule has 0 radical (unpaired) electrons. The van der Waals surface area contributed by atoms with E-state index in [1.807, 2.05) is 6.92 Å². The van der Waals surface area contributed by atoms with Gasteiger partial charge in [-0.3, -0.25) is 0 Å². The second kappa shape index (κ2) is 9.09. The van der Waals surface area contributed by atoms with Gasteiger partial charge in [-0.2, -0.15) is 0 Å². The Balaban J connectivity index is 2.31. The summed E-state index contributed by atoms with van der Waals surface area (Å²) in [7, 11) is 0. The van der Waals surface area contributed by atoms with Gasteiger partial charge in [-0.1, -0.05) is 13.8 Å². The van der Waals surface area contributed by atoms with Crippen LogP contribution in [0.3, 0.4) is 0 Å². The fraction of sp³-hybridized carbons (Fsp3) is 0.692. The van der Waals surface area contributed by atoms with Gasteiger partial charge in [0, 0.05) is 26.3 Å². The predicted octanol–water partition coefficient (Wildman–Crippen LogP) is 3.15. The number of rotatable bonds is 9. The summed E-state index contributed by atoms with van der Waals surface area (Å²) in [6, 6.07) is 0. The summed E-state index contributed by atoms with van der Waals surface area (Å²) in [5.74, 6) is 2.22. The van der Waals surface area contributed by atoms with Crippen molar-refractivity contribution in [3.05, 3.63) is 10.8 Å². The second-order valence-electron chi connectivity index (χ2n) is 4.66. The third kappa shape index (κ3) is 6.20. The first kappa shape index (κ1) is 16.2. The van der Waals surface area contributed by atoms with Gasteiger partial charge in [0.25, 0.3) is 0 Å². The minimum atomic E-state index is 0.589. The molecular formula is C13H23BrN4O. The lowest BCUT2D eigenvalue weighted by atomic mass is 10.2. The molecular weight excluding hydrogens is 308 g/mol. The summed E-state index contributed by atoms with van der Waals surface area (Å²) in [4.78, 5) is 8.39. The monoisotopic (exact) mass is 330 g/mol.